The monoisotopic (exact) mass is 549 g/mol. The first-order valence-corrected chi connectivity index (χ1v) is 12.6. The number of hydrogen-bond acceptors (Lipinski definition) is 4. The summed E-state index contributed by atoms with van der Waals surface area (Å²) in [6, 6.07) is 8.33. The lowest BCUT2D eigenvalue weighted by molar-refractivity contribution is -0.143. The standard InChI is InChI=1S/C27H27Cl2F2N3O3/c1-25(2,3)12-19-27(13-32,16-8-7-14(28)11-18(16)30)20(15-5-4-6-17(29)21(15)31)22(33-19)23(35)34-26(9-10-26)24(36)37/h4-8,11,19-20,22,33H,9-10,12H2,1-3H3,(H,34,35)(H,36,37)/t19-,20-,22+,27-/m0/s1. The van der Waals surface area contributed by atoms with Gasteiger partial charge in [-0.2, -0.15) is 5.26 Å². The molecule has 37 heavy (non-hydrogen) atoms. The quantitative estimate of drug-likeness (QED) is 0.452. The van der Waals surface area contributed by atoms with Crippen molar-refractivity contribution in [2.24, 2.45) is 5.41 Å². The lowest BCUT2D eigenvalue weighted by Gasteiger charge is -2.37. The molecule has 0 spiro atoms. The molecule has 0 bridgehead atoms. The third kappa shape index (κ3) is 4.81. The maximum Gasteiger partial charge on any atom is 0.329 e. The molecule has 3 N–H and O–H groups in total. The molecule has 2 aromatic carbocycles. The van der Waals surface area contributed by atoms with E-state index in [9.17, 15) is 20.0 Å². The summed E-state index contributed by atoms with van der Waals surface area (Å²) in [5, 5.41) is 26.1. The van der Waals surface area contributed by atoms with Crippen LogP contribution in [0.1, 0.15) is 57.1 Å². The van der Waals surface area contributed by atoms with Crippen molar-refractivity contribution in [3.05, 3.63) is 69.2 Å². The summed E-state index contributed by atoms with van der Waals surface area (Å²) in [7, 11) is 0. The van der Waals surface area contributed by atoms with Crippen LogP contribution in [-0.4, -0.2) is 34.6 Å². The summed E-state index contributed by atoms with van der Waals surface area (Å²) in [4.78, 5) is 25.4. The van der Waals surface area contributed by atoms with Crippen LogP contribution in [0.3, 0.4) is 0 Å². The van der Waals surface area contributed by atoms with Crippen LogP contribution in [0.4, 0.5) is 8.78 Å². The Bertz CT molecular complexity index is 1300. The van der Waals surface area contributed by atoms with Gasteiger partial charge < -0.3 is 15.7 Å². The normalized spacial score (nSPS) is 26.4. The van der Waals surface area contributed by atoms with Crippen LogP contribution in [0.2, 0.25) is 10.0 Å². The number of aliphatic carboxylic acids is 1. The highest BCUT2D eigenvalue weighted by Gasteiger charge is 2.62. The molecule has 10 heteroatoms. The molecule has 2 aromatic rings. The fourth-order valence-corrected chi connectivity index (χ4v) is 5.73. The second-order valence-electron chi connectivity index (χ2n) is 11.1. The number of carbonyl (C=O) groups is 2. The molecule has 6 nitrogen and oxygen atoms in total. The molecule has 1 amide bonds. The molecule has 0 radical (unpaired) electrons. The van der Waals surface area contributed by atoms with E-state index in [1.807, 2.05) is 20.8 Å². The van der Waals surface area contributed by atoms with E-state index in [0.29, 0.717) is 6.42 Å². The number of halogens is 4. The van der Waals surface area contributed by atoms with Crippen LogP contribution in [0.25, 0.3) is 0 Å². The van der Waals surface area contributed by atoms with Gasteiger partial charge in [0.2, 0.25) is 5.91 Å². The Hall–Kier alpha value is -2.73. The van der Waals surface area contributed by atoms with Crippen molar-refractivity contribution in [3.8, 4) is 6.07 Å². The number of amides is 1. The SMILES string of the molecule is CC(C)(C)C[C@@H]1N[C@@H](C(=O)NC2(C(=O)O)CC2)[C@H](c2cccc(Cl)c2F)[C@@]1(C#N)c1ccc(Cl)cc1F. The maximum atomic E-state index is 15.6. The molecule has 4 atom stereocenters. The first kappa shape index (κ1) is 27.3. The molecular weight excluding hydrogens is 523 g/mol. The second-order valence-corrected chi connectivity index (χ2v) is 11.9. The number of hydrogen-bond donors (Lipinski definition) is 3. The topological polar surface area (TPSA) is 102 Å². The Kier molecular flexibility index (Phi) is 7.04. The molecule has 0 aromatic heterocycles. The average Bonchev–Trinajstić information content (AvgIpc) is 3.52. The Morgan fingerprint density at radius 2 is 1.89 bits per heavy atom. The van der Waals surface area contributed by atoms with E-state index in [2.05, 4.69) is 16.7 Å². The number of benzene rings is 2. The highest BCUT2D eigenvalue weighted by Crippen LogP contribution is 2.53. The molecule has 0 unspecified atom stereocenters. The summed E-state index contributed by atoms with van der Waals surface area (Å²) in [6.45, 7) is 5.79. The van der Waals surface area contributed by atoms with E-state index < -0.39 is 52.5 Å². The van der Waals surface area contributed by atoms with Gasteiger partial charge in [0.1, 0.15) is 22.6 Å². The molecule has 196 valence electrons. The molecule has 1 aliphatic carbocycles. The highest BCUT2D eigenvalue weighted by atomic mass is 35.5. The van der Waals surface area contributed by atoms with Gasteiger partial charge >= 0.3 is 5.97 Å². The largest absolute Gasteiger partial charge is 0.480 e. The molecule has 2 fully saturated rings. The van der Waals surface area contributed by atoms with Gasteiger partial charge in [0.15, 0.2) is 0 Å². The lowest BCUT2D eigenvalue weighted by atomic mass is 9.62. The predicted molar refractivity (Wildman–Crippen MR) is 135 cm³/mol. The van der Waals surface area contributed by atoms with Crippen molar-refractivity contribution in [1.82, 2.24) is 10.6 Å². The molecule has 1 heterocycles. The number of carbonyl (C=O) groups excluding carboxylic acids is 1. The third-order valence-corrected chi connectivity index (χ3v) is 7.78. The molecule has 2 aliphatic rings. The van der Waals surface area contributed by atoms with E-state index in [0.717, 1.165) is 6.07 Å². The Morgan fingerprint density at radius 1 is 1.22 bits per heavy atom. The fourth-order valence-electron chi connectivity index (χ4n) is 5.39. The van der Waals surface area contributed by atoms with Crippen molar-refractivity contribution in [1.29, 1.82) is 5.26 Å². The molecule has 1 aliphatic heterocycles. The van der Waals surface area contributed by atoms with Gasteiger partial charge in [0.05, 0.1) is 17.1 Å². The first-order chi connectivity index (χ1) is 17.3. The van der Waals surface area contributed by atoms with Crippen molar-refractivity contribution >= 4 is 35.1 Å². The zero-order valence-electron chi connectivity index (χ0n) is 20.5. The Labute approximate surface area is 223 Å². The summed E-state index contributed by atoms with van der Waals surface area (Å²) < 4.78 is 31.1. The van der Waals surface area contributed by atoms with Gasteiger partial charge in [0, 0.05) is 22.5 Å². The van der Waals surface area contributed by atoms with Gasteiger partial charge in [-0.1, -0.05) is 62.2 Å². The summed E-state index contributed by atoms with van der Waals surface area (Å²) >= 11 is 12.1. The van der Waals surface area contributed by atoms with Crippen molar-refractivity contribution in [3.63, 3.8) is 0 Å². The van der Waals surface area contributed by atoms with Crippen molar-refractivity contribution < 1.29 is 23.5 Å². The van der Waals surface area contributed by atoms with Crippen LogP contribution in [0.5, 0.6) is 0 Å². The van der Waals surface area contributed by atoms with Crippen molar-refractivity contribution in [2.45, 2.75) is 69.0 Å². The van der Waals surface area contributed by atoms with Gasteiger partial charge in [-0.3, -0.25) is 4.79 Å². The van der Waals surface area contributed by atoms with Gasteiger partial charge in [-0.25, -0.2) is 13.6 Å². The fraction of sp³-hybridized carbons (Fsp3) is 0.444. The van der Waals surface area contributed by atoms with Gasteiger partial charge in [0.25, 0.3) is 0 Å². The Balaban J connectivity index is 1.97. The minimum absolute atomic E-state index is 0.0415. The average molecular weight is 550 g/mol. The van der Waals surface area contributed by atoms with E-state index >= 15 is 8.78 Å². The highest BCUT2D eigenvalue weighted by molar-refractivity contribution is 6.31. The van der Waals surface area contributed by atoms with Crippen LogP contribution in [-0.2, 0) is 15.0 Å². The van der Waals surface area contributed by atoms with Crippen LogP contribution < -0.4 is 10.6 Å². The zero-order chi connectivity index (χ0) is 27.3. The molecular formula is C27H27Cl2F2N3O3. The lowest BCUT2D eigenvalue weighted by Crippen LogP contribution is -2.52. The van der Waals surface area contributed by atoms with E-state index in [-0.39, 0.29) is 39.4 Å². The number of carboxylic acids is 1. The number of carboxylic acid groups (broad SMARTS) is 1. The van der Waals surface area contributed by atoms with Crippen molar-refractivity contribution in [2.75, 3.05) is 0 Å². The summed E-state index contributed by atoms with van der Waals surface area (Å²) in [5.41, 5.74) is -3.66. The summed E-state index contributed by atoms with van der Waals surface area (Å²) in [5.74, 6) is -4.74. The number of nitriles is 1. The minimum Gasteiger partial charge on any atom is -0.480 e. The third-order valence-electron chi connectivity index (χ3n) is 7.25. The molecule has 1 saturated heterocycles. The van der Waals surface area contributed by atoms with E-state index in [1.54, 1.807) is 0 Å². The first-order valence-electron chi connectivity index (χ1n) is 11.9. The molecule has 1 saturated carbocycles. The van der Waals surface area contributed by atoms with Crippen LogP contribution in [0, 0.1) is 28.4 Å². The number of nitrogens with zero attached hydrogens (tertiary/aromatic N) is 1. The Morgan fingerprint density at radius 3 is 2.43 bits per heavy atom. The minimum atomic E-state index is -1.77. The van der Waals surface area contributed by atoms with Gasteiger partial charge in [-0.15, -0.1) is 0 Å². The van der Waals surface area contributed by atoms with E-state index in [1.165, 1.54) is 30.3 Å². The smallest absolute Gasteiger partial charge is 0.329 e. The number of nitrogens with one attached hydrogen (secondary N) is 2. The van der Waals surface area contributed by atoms with Crippen LogP contribution >= 0.6 is 23.2 Å². The molecule has 4 rings (SSSR count). The second kappa shape index (κ2) is 9.54. The predicted octanol–water partition coefficient (Wildman–Crippen LogP) is 5.33. The van der Waals surface area contributed by atoms with E-state index in [4.69, 9.17) is 23.2 Å². The zero-order valence-corrected chi connectivity index (χ0v) is 22.1. The maximum absolute atomic E-state index is 15.6. The summed E-state index contributed by atoms with van der Waals surface area (Å²) in [6.07, 6.45) is 0.810. The van der Waals surface area contributed by atoms with Gasteiger partial charge in [-0.05, 0) is 48.4 Å². The van der Waals surface area contributed by atoms with Crippen LogP contribution in [0.15, 0.2) is 36.4 Å². The number of rotatable bonds is 6.